The van der Waals surface area contributed by atoms with Gasteiger partial charge in [-0.2, -0.15) is 0 Å². The Labute approximate surface area is 188 Å². The number of H-pyrrole nitrogens is 2. The lowest BCUT2D eigenvalue weighted by Crippen LogP contribution is -2.30. The zero-order valence-corrected chi connectivity index (χ0v) is 19.1. The molecule has 1 aliphatic heterocycles. The number of halogens is 1. The Kier molecular flexibility index (Phi) is 8.12. The second-order valence-electron chi connectivity index (χ2n) is 7.74. The van der Waals surface area contributed by atoms with Gasteiger partial charge in [-0.15, -0.1) is 12.4 Å². The van der Waals surface area contributed by atoms with Crippen LogP contribution in [0.5, 0.6) is 0 Å². The van der Waals surface area contributed by atoms with Crippen LogP contribution in [-0.2, 0) is 0 Å². The largest absolute Gasteiger partial charge is 0.355 e. The highest BCUT2D eigenvalue weighted by molar-refractivity contribution is 6.06. The van der Waals surface area contributed by atoms with Gasteiger partial charge in [0.1, 0.15) is 11.4 Å². The molecule has 170 valence electrons. The molecule has 0 bridgehead atoms. The van der Waals surface area contributed by atoms with Crippen molar-refractivity contribution >= 4 is 41.6 Å². The maximum atomic E-state index is 12.8. The van der Waals surface area contributed by atoms with Crippen LogP contribution in [0.1, 0.15) is 27.4 Å². The summed E-state index contributed by atoms with van der Waals surface area (Å²) in [6.07, 6.45) is 4.09. The number of urea groups is 1. The van der Waals surface area contributed by atoms with E-state index in [1.54, 1.807) is 48.4 Å². The van der Waals surface area contributed by atoms with Crippen molar-refractivity contribution in [3.8, 4) is 0 Å². The number of carbonyl (C=O) groups is 3. The summed E-state index contributed by atoms with van der Waals surface area (Å²) in [7, 11) is 7.39. The Hall–Kier alpha value is -2.98. The third-order valence-electron chi connectivity index (χ3n) is 4.93. The molecular weight excluding hydrogens is 422 g/mol. The van der Waals surface area contributed by atoms with Gasteiger partial charge in [-0.05, 0) is 39.2 Å². The summed E-state index contributed by atoms with van der Waals surface area (Å²) < 4.78 is 0. The van der Waals surface area contributed by atoms with Crippen LogP contribution in [0.2, 0.25) is 0 Å². The highest BCUT2D eigenvalue weighted by Crippen LogP contribution is 2.20. The number of aromatic nitrogens is 2. The molecule has 2 aromatic heterocycles. The van der Waals surface area contributed by atoms with E-state index < -0.39 is 0 Å². The Morgan fingerprint density at radius 2 is 1.61 bits per heavy atom. The standard InChI is InChI=1S/C20H29N7O3.ClH/c1-24(2)6-5-7-25(3)18(28)17-11-15(13-22-17)26(4)19(29)16-10-14(12-21-16)23-20(30)27-8-9-27;/h10-13,21-22H,5-9H2,1-4H3,(H,23,30);1H. The maximum Gasteiger partial charge on any atom is 0.322 e. The highest BCUT2D eigenvalue weighted by Gasteiger charge is 2.25. The number of amides is 4. The van der Waals surface area contributed by atoms with Gasteiger partial charge < -0.3 is 34.9 Å². The van der Waals surface area contributed by atoms with Gasteiger partial charge in [0.25, 0.3) is 11.8 Å². The molecule has 4 amide bonds. The van der Waals surface area contributed by atoms with E-state index >= 15 is 0 Å². The molecule has 2 aromatic rings. The van der Waals surface area contributed by atoms with Gasteiger partial charge in [-0.3, -0.25) is 9.59 Å². The molecule has 1 saturated heterocycles. The predicted molar refractivity (Wildman–Crippen MR) is 122 cm³/mol. The maximum absolute atomic E-state index is 12.8. The first-order valence-corrected chi connectivity index (χ1v) is 9.87. The molecule has 0 atom stereocenters. The third kappa shape index (κ3) is 6.25. The fraction of sp³-hybridized carbons (Fsp3) is 0.450. The van der Waals surface area contributed by atoms with E-state index in [1.165, 1.54) is 4.90 Å². The Morgan fingerprint density at radius 3 is 2.26 bits per heavy atom. The first kappa shape index (κ1) is 24.3. The lowest BCUT2D eigenvalue weighted by atomic mass is 10.3. The predicted octanol–water partition coefficient (Wildman–Crippen LogP) is 1.91. The number of hydrogen-bond acceptors (Lipinski definition) is 4. The summed E-state index contributed by atoms with van der Waals surface area (Å²) in [4.78, 5) is 49.8. The molecule has 3 N–H and O–H groups in total. The van der Waals surface area contributed by atoms with Gasteiger partial charge in [-0.25, -0.2) is 4.79 Å². The van der Waals surface area contributed by atoms with Gasteiger partial charge in [0.2, 0.25) is 0 Å². The molecule has 0 radical (unpaired) electrons. The molecule has 0 aromatic carbocycles. The van der Waals surface area contributed by atoms with Crippen LogP contribution >= 0.6 is 12.4 Å². The molecule has 0 spiro atoms. The summed E-state index contributed by atoms with van der Waals surface area (Å²) >= 11 is 0. The topological polar surface area (TPSA) is 108 Å². The number of rotatable bonds is 8. The van der Waals surface area contributed by atoms with Crippen molar-refractivity contribution in [2.45, 2.75) is 6.42 Å². The summed E-state index contributed by atoms with van der Waals surface area (Å²) in [5.41, 5.74) is 1.88. The number of anilines is 2. The fourth-order valence-electron chi connectivity index (χ4n) is 2.97. The number of nitrogens with one attached hydrogen (secondary N) is 3. The zero-order chi connectivity index (χ0) is 21.8. The van der Waals surface area contributed by atoms with Crippen LogP contribution in [0.3, 0.4) is 0 Å². The van der Waals surface area contributed by atoms with Crippen LogP contribution in [-0.4, -0.2) is 96.9 Å². The number of aromatic amines is 2. The summed E-state index contributed by atoms with van der Waals surface area (Å²) in [5.74, 6) is -0.402. The van der Waals surface area contributed by atoms with Crippen molar-refractivity contribution in [1.29, 1.82) is 0 Å². The lowest BCUT2D eigenvalue weighted by Gasteiger charge is -2.18. The van der Waals surface area contributed by atoms with Gasteiger partial charge in [-0.1, -0.05) is 0 Å². The molecule has 31 heavy (non-hydrogen) atoms. The van der Waals surface area contributed by atoms with Crippen molar-refractivity contribution < 1.29 is 14.4 Å². The van der Waals surface area contributed by atoms with Gasteiger partial charge in [0, 0.05) is 46.1 Å². The molecule has 0 unspecified atom stereocenters. The molecule has 0 aliphatic carbocycles. The third-order valence-corrected chi connectivity index (χ3v) is 4.93. The molecule has 3 rings (SSSR count). The first-order chi connectivity index (χ1) is 14.3. The van der Waals surface area contributed by atoms with E-state index in [-0.39, 0.29) is 30.3 Å². The minimum absolute atomic E-state index is 0. The van der Waals surface area contributed by atoms with E-state index in [0.717, 1.165) is 26.1 Å². The smallest absolute Gasteiger partial charge is 0.322 e. The normalized spacial score (nSPS) is 12.4. The van der Waals surface area contributed by atoms with Crippen molar-refractivity contribution in [2.24, 2.45) is 0 Å². The summed E-state index contributed by atoms with van der Waals surface area (Å²) in [6.45, 7) is 3.06. The SMILES string of the molecule is CN(C)CCCN(C)C(=O)c1cc(N(C)C(=O)c2cc(NC(=O)N3CC3)c[nH]2)c[nH]1.Cl. The summed E-state index contributed by atoms with van der Waals surface area (Å²) in [6, 6.07) is 3.08. The average Bonchev–Trinajstić information content (AvgIpc) is 3.27. The minimum Gasteiger partial charge on any atom is -0.355 e. The lowest BCUT2D eigenvalue weighted by molar-refractivity contribution is 0.0785. The van der Waals surface area contributed by atoms with Crippen molar-refractivity contribution in [2.75, 3.05) is 64.6 Å². The second kappa shape index (κ2) is 10.4. The molecule has 0 saturated carbocycles. The van der Waals surface area contributed by atoms with E-state index in [1.807, 2.05) is 14.1 Å². The van der Waals surface area contributed by atoms with Gasteiger partial charge >= 0.3 is 6.03 Å². The Morgan fingerprint density at radius 1 is 0.968 bits per heavy atom. The Balaban J connectivity index is 0.00000341. The summed E-state index contributed by atoms with van der Waals surface area (Å²) in [5, 5.41) is 2.74. The fourth-order valence-corrected chi connectivity index (χ4v) is 2.97. The van der Waals surface area contributed by atoms with Crippen LogP contribution < -0.4 is 10.2 Å². The molecule has 1 aliphatic rings. The van der Waals surface area contributed by atoms with Crippen molar-refractivity contribution in [3.63, 3.8) is 0 Å². The van der Waals surface area contributed by atoms with Gasteiger partial charge in [0.05, 0.1) is 11.4 Å². The number of nitrogens with zero attached hydrogens (tertiary/aromatic N) is 4. The molecular formula is C20H30ClN7O3. The van der Waals surface area contributed by atoms with Crippen LogP contribution in [0, 0.1) is 0 Å². The van der Waals surface area contributed by atoms with Crippen molar-refractivity contribution in [3.05, 3.63) is 35.9 Å². The van der Waals surface area contributed by atoms with E-state index in [9.17, 15) is 14.4 Å². The van der Waals surface area contributed by atoms with Crippen LogP contribution in [0.15, 0.2) is 24.5 Å². The van der Waals surface area contributed by atoms with E-state index in [4.69, 9.17) is 0 Å². The number of hydrogen-bond donors (Lipinski definition) is 3. The second-order valence-corrected chi connectivity index (χ2v) is 7.74. The minimum atomic E-state index is -0.278. The number of carbonyl (C=O) groups excluding carboxylic acids is 3. The zero-order valence-electron chi connectivity index (χ0n) is 18.3. The van der Waals surface area contributed by atoms with E-state index in [0.29, 0.717) is 29.3 Å². The average molecular weight is 452 g/mol. The quantitative estimate of drug-likeness (QED) is 0.533. The molecule has 3 heterocycles. The van der Waals surface area contributed by atoms with Crippen LogP contribution in [0.25, 0.3) is 0 Å². The monoisotopic (exact) mass is 451 g/mol. The van der Waals surface area contributed by atoms with Crippen molar-refractivity contribution in [1.82, 2.24) is 24.7 Å². The molecule has 11 heteroatoms. The first-order valence-electron chi connectivity index (χ1n) is 9.87. The van der Waals surface area contributed by atoms with E-state index in [2.05, 4.69) is 20.2 Å². The highest BCUT2D eigenvalue weighted by atomic mass is 35.5. The molecule has 10 nitrogen and oxygen atoms in total. The Bertz CT molecular complexity index is 920. The van der Waals surface area contributed by atoms with Crippen LogP contribution in [0.4, 0.5) is 16.2 Å². The molecule has 1 fully saturated rings. The van der Waals surface area contributed by atoms with Gasteiger partial charge in [0.15, 0.2) is 0 Å².